The Bertz CT molecular complexity index is 744. The summed E-state index contributed by atoms with van der Waals surface area (Å²) in [5, 5.41) is 5.63. The Morgan fingerprint density at radius 2 is 1.68 bits per heavy atom. The molecule has 2 aromatic carbocycles. The van der Waals surface area contributed by atoms with E-state index in [2.05, 4.69) is 10.6 Å². The van der Waals surface area contributed by atoms with Crippen molar-refractivity contribution in [2.75, 3.05) is 39.6 Å². The maximum Gasteiger partial charge on any atom is 0.255 e. The molecule has 6 heteroatoms. The Kier molecular flexibility index (Phi) is 6.54. The average Bonchev–Trinajstić information content (AvgIpc) is 2.61. The van der Waals surface area contributed by atoms with Crippen molar-refractivity contribution in [2.45, 2.75) is 0 Å². The summed E-state index contributed by atoms with van der Waals surface area (Å²) < 4.78 is 5.22. The van der Waals surface area contributed by atoms with Gasteiger partial charge in [0.1, 0.15) is 5.75 Å². The summed E-state index contributed by atoms with van der Waals surface area (Å²) in [6.07, 6.45) is 0. The topological polar surface area (TPSA) is 70.7 Å². The molecule has 2 amide bonds. The number of ether oxygens (including phenoxy) is 1. The fourth-order valence-electron chi connectivity index (χ4n) is 2.24. The van der Waals surface area contributed by atoms with Gasteiger partial charge < -0.3 is 20.3 Å². The van der Waals surface area contributed by atoms with Crippen LogP contribution in [0, 0.1) is 0 Å². The molecule has 0 saturated heterocycles. The third-order valence-electron chi connectivity index (χ3n) is 3.59. The predicted octanol–water partition coefficient (Wildman–Crippen LogP) is 2.24. The first kappa shape index (κ1) is 18.5. The van der Waals surface area contributed by atoms with Gasteiger partial charge in [-0.2, -0.15) is 0 Å². The lowest BCUT2D eigenvalue weighted by atomic mass is 10.1. The Balaban J connectivity index is 2.07. The molecule has 0 bridgehead atoms. The van der Waals surface area contributed by atoms with E-state index in [0.717, 1.165) is 6.54 Å². The van der Waals surface area contributed by atoms with E-state index in [-0.39, 0.29) is 11.8 Å². The summed E-state index contributed by atoms with van der Waals surface area (Å²) in [6.45, 7) is 1.29. The third-order valence-corrected chi connectivity index (χ3v) is 3.59. The third kappa shape index (κ3) is 5.32. The fourth-order valence-corrected chi connectivity index (χ4v) is 2.24. The zero-order valence-corrected chi connectivity index (χ0v) is 14.7. The lowest BCUT2D eigenvalue weighted by molar-refractivity contribution is 0.0951. The number of amides is 2. The molecule has 6 nitrogen and oxygen atoms in total. The van der Waals surface area contributed by atoms with Crippen molar-refractivity contribution in [3.63, 3.8) is 0 Å². The molecule has 0 fully saturated rings. The van der Waals surface area contributed by atoms with Crippen LogP contribution in [0.4, 0.5) is 5.69 Å². The zero-order chi connectivity index (χ0) is 18.2. The number of hydrogen-bond donors (Lipinski definition) is 2. The van der Waals surface area contributed by atoms with Gasteiger partial charge in [0.2, 0.25) is 0 Å². The molecule has 132 valence electrons. The van der Waals surface area contributed by atoms with Crippen LogP contribution in [0.5, 0.6) is 5.75 Å². The number of nitrogens with one attached hydrogen (secondary N) is 2. The minimum atomic E-state index is -0.299. The fraction of sp³-hybridized carbons (Fsp3) is 0.263. The molecular formula is C19H23N3O3. The predicted molar refractivity (Wildman–Crippen MR) is 98.3 cm³/mol. The molecule has 0 atom stereocenters. The normalized spacial score (nSPS) is 10.4. The molecule has 0 aliphatic rings. The van der Waals surface area contributed by atoms with Crippen LogP contribution < -0.4 is 15.4 Å². The minimum Gasteiger partial charge on any atom is -0.495 e. The van der Waals surface area contributed by atoms with Crippen LogP contribution in [0.25, 0.3) is 0 Å². The van der Waals surface area contributed by atoms with E-state index in [0.29, 0.717) is 29.1 Å². The van der Waals surface area contributed by atoms with Crippen molar-refractivity contribution >= 4 is 17.5 Å². The highest BCUT2D eigenvalue weighted by atomic mass is 16.5. The quantitative estimate of drug-likeness (QED) is 0.810. The van der Waals surface area contributed by atoms with Gasteiger partial charge in [0, 0.05) is 24.2 Å². The van der Waals surface area contributed by atoms with Gasteiger partial charge in [-0.1, -0.05) is 18.2 Å². The number of benzene rings is 2. The number of carbonyl (C=O) groups excluding carboxylic acids is 2. The summed E-state index contributed by atoms with van der Waals surface area (Å²) in [5.74, 6) is 0.0784. The Labute approximate surface area is 147 Å². The van der Waals surface area contributed by atoms with Crippen LogP contribution in [0.15, 0.2) is 48.5 Å². The number of anilines is 1. The number of nitrogens with zero attached hydrogens (tertiary/aromatic N) is 1. The number of hydrogen-bond acceptors (Lipinski definition) is 4. The second kappa shape index (κ2) is 8.84. The van der Waals surface area contributed by atoms with Crippen LogP contribution in [-0.2, 0) is 0 Å². The molecule has 25 heavy (non-hydrogen) atoms. The maximum absolute atomic E-state index is 12.5. The molecule has 0 aliphatic heterocycles. The highest BCUT2D eigenvalue weighted by Crippen LogP contribution is 2.23. The SMILES string of the molecule is COc1ccccc1NC(=O)c1cccc(C(=O)NCCN(C)C)c1. The molecule has 0 aliphatic carbocycles. The number of para-hydroxylation sites is 2. The van der Waals surface area contributed by atoms with Crippen molar-refractivity contribution in [1.82, 2.24) is 10.2 Å². The zero-order valence-electron chi connectivity index (χ0n) is 14.7. The first-order chi connectivity index (χ1) is 12.0. The average molecular weight is 341 g/mol. The van der Waals surface area contributed by atoms with Gasteiger partial charge >= 0.3 is 0 Å². The minimum absolute atomic E-state index is 0.200. The van der Waals surface area contributed by atoms with Gasteiger partial charge in [-0.25, -0.2) is 0 Å². The van der Waals surface area contributed by atoms with Crippen LogP contribution in [-0.4, -0.2) is 51.0 Å². The van der Waals surface area contributed by atoms with Crippen LogP contribution >= 0.6 is 0 Å². The Hall–Kier alpha value is -2.86. The van der Waals surface area contributed by atoms with E-state index >= 15 is 0 Å². The second-order valence-electron chi connectivity index (χ2n) is 5.79. The molecule has 0 radical (unpaired) electrons. The van der Waals surface area contributed by atoms with Gasteiger partial charge in [0.05, 0.1) is 12.8 Å². The van der Waals surface area contributed by atoms with Gasteiger partial charge in [0.15, 0.2) is 0 Å². The molecule has 2 rings (SSSR count). The number of likely N-dealkylation sites (N-methyl/N-ethyl adjacent to an activating group) is 1. The summed E-state index contributed by atoms with van der Waals surface area (Å²) >= 11 is 0. The van der Waals surface area contributed by atoms with E-state index in [1.807, 2.05) is 31.1 Å². The van der Waals surface area contributed by atoms with Crippen molar-refractivity contribution in [1.29, 1.82) is 0 Å². The molecule has 0 aromatic heterocycles. The van der Waals surface area contributed by atoms with E-state index in [9.17, 15) is 9.59 Å². The van der Waals surface area contributed by atoms with Gasteiger partial charge in [-0.15, -0.1) is 0 Å². The van der Waals surface area contributed by atoms with E-state index < -0.39 is 0 Å². The molecule has 2 N–H and O–H groups in total. The summed E-state index contributed by atoms with van der Waals surface area (Å²) in [6, 6.07) is 13.8. The summed E-state index contributed by atoms with van der Waals surface area (Å²) in [5.41, 5.74) is 1.44. The first-order valence-electron chi connectivity index (χ1n) is 7.98. The maximum atomic E-state index is 12.5. The standard InChI is InChI=1S/C19H23N3O3/c1-22(2)12-11-20-18(23)14-7-6-8-15(13-14)19(24)21-16-9-4-5-10-17(16)25-3/h4-10,13H,11-12H2,1-3H3,(H,20,23)(H,21,24). The van der Waals surface area contributed by atoms with Crippen LogP contribution in [0.1, 0.15) is 20.7 Å². The van der Waals surface area contributed by atoms with Gasteiger partial charge in [0.25, 0.3) is 11.8 Å². The van der Waals surface area contributed by atoms with Gasteiger partial charge in [-0.3, -0.25) is 9.59 Å². The van der Waals surface area contributed by atoms with Gasteiger partial charge in [-0.05, 0) is 44.4 Å². The lowest BCUT2D eigenvalue weighted by Gasteiger charge is -2.12. The summed E-state index contributed by atoms with van der Waals surface area (Å²) in [4.78, 5) is 26.6. The molecule has 0 unspecified atom stereocenters. The summed E-state index contributed by atoms with van der Waals surface area (Å²) in [7, 11) is 5.42. The molecule has 0 spiro atoms. The highest BCUT2D eigenvalue weighted by molar-refractivity contribution is 6.06. The van der Waals surface area contributed by atoms with E-state index in [4.69, 9.17) is 4.74 Å². The molecule has 0 heterocycles. The first-order valence-corrected chi connectivity index (χ1v) is 7.98. The molecular weight excluding hydrogens is 318 g/mol. The highest BCUT2D eigenvalue weighted by Gasteiger charge is 2.12. The monoisotopic (exact) mass is 341 g/mol. The second-order valence-corrected chi connectivity index (χ2v) is 5.79. The van der Waals surface area contributed by atoms with Crippen molar-refractivity contribution in [3.8, 4) is 5.75 Å². The molecule has 2 aromatic rings. The number of rotatable bonds is 7. The smallest absolute Gasteiger partial charge is 0.255 e. The number of methoxy groups -OCH3 is 1. The van der Waals surface area contributed by atoms with Crippen LogP contribution in [0.3, 0.4) is 0 Å². The molecule has 0 saturated carbocycles. The Morgan fingerprint density at radius 3 is 2.36 bits per heavy atom. The van der Waals surface area contributed by atoms with Crippen molar-refractivity contribution < 1.29 is 14.3 Å². The van der Waals surface area contributed by atoms with Crippen molar-refractivity contribution in [3.05, 3.63) is 59.7 Å². The largest absolute Gasteiger partial charge is 0.495 e. The van der Waals surface area contributed by atoms with Crippen LogP contribution in [0.2, 0.25) is 0 Å². The number of carbonyl (C=O) groups is 2. The lowest BCUT2D eigenvalue weighted by Crippen LogP contribution is -2.31. The van der Waals surface area contributed by atoms with E-state index in [1.54, 1.807) is 43.5 Å². The Morgan fingerprint density at radius 1 is 1.00 bits per heavy atom. The van der Waals surface area contributed by atoms with E-state index in [1.165, 1.54) is 0 Å². The van der Waals surface area contributed by atoms with Crippen molar-refractivity contribution in [2.24, 2.45) is 0 Å².